The Morgan fingerprint density at radius 1 is 1.17 bits per heavy atom. The molecule has 0 radical (unpaired) electrons. The van der Waals surface area contributed by atoms with Gasteiger partial charge < -0.3 is 20.2 Å². The number of piperidine rings is 2. The van der Waals surface area contributed by atoms with Gasteiger partial charge in [-0.1, -0.05) is 18.2 Å². The summed E-state index contributed by atoms with van der Waals surface area (Å²) in [6.45, 7) is 9.11. The van der Waals surface area contributed by atoms with Crippen LogP contribution in [0, 0.1) is 25.6 Å². The molecule has 5 nitrogen and oxygen atoms in total. The van der Waals surface area contributed by atoms with Crippen LogP contribution in [0.1, 0.15) is 47.9 Å². The Labute approximate surface area is 214 Å². The number of carbonyl (C=O) groups excluding carboxylic acids is 1. The first-order valence-electron chi connectivity index (χ1n) is 13.3. The molecule has 0 saturated carbocycles. The van der Waals surface area contributed by atoms with Gasteiger partial charge in [0.25, 0.3) is 0 Å². The molecular weight excluding hydrogens is 453 g/mol. The predicted molar refractivity (Wildman–Crippen MR) is 143 cm³/mol. The molecule has 0 bridgehead atoms. The average Bonchev–Trinajstić information content (AvgIpc) is 3.23. The second-order valence-electron chi connectivity index (χ2n) is 11.1. The Bertz CT molecular complexity index is 1110. The van der Waals surface area contributed by atoms with Gasteiger partial charge in [0.05, 0.1) is 6.10 Å². The van der Waals surface area contributed by atoms with Gasteiger partial charge in [0, 0.05) is 43.4 Å². The lowest BCUT2D eigenvalue weighted by Crippen LogP contribution is -2.48. The smallest absolute Gasteiger partial charge is 0.246 e. The van der Waals surface area contributed by atoms with Crippen LogP contribution in [0.2, 0.25) is 0 Å². The van der Waals surface area contributed by atoms with E-state index in [4.69, 9.17) is 0 Å². The minimum atomic E-state index is -0.363. The van der Waals surface area contributed by atoms with Crippen molar-refractivity contribution >= 4 is 17.7 Å². The number of halogens is 1. The number of fused-ring (bicyclic) bond motifs is 2. The highest BCUT2D eigenvalue weighted by atomic mass is 19.1. The van der Waals surface area contributed by atoms with E-state index in [2.05, 4.69) is 35.3 Å². The van der Waals surface area contributed by atoms with Crippen LogP contribution in [-0.4, -0.2) is 66.2 Å². The number of anilines is 1. The number of hydrogen-bond donors (Lipinski definition) is 2. The molecule has 2 fully saturated rings. The first-order chi connectivity index (χ1) is 17.3. The monoisotopic (exact) mass is 491 g/mol. The molecule has 2 saturated heterocycles. The van der Waals surface area contributed by atoms with Crippen LogP contribution in [0.5, 0.6) is 0 Å². The fraction of sp³-hybridized carbons (Fsp3) is 0.500. The predicted octanol–water partition coefficient (Wildman–Crippen LogP) is 4.51. The Hall–Kier alpha value is -2.70. The van der Waals surface area contributed by atoms with Crippen molar-refractivity contribution in [3.05, 3.63) is 70.5 Å². The second-order valence-corrected chi connectivity index (χ2v) is 11.1. The van der Waals surface area contributed by atoms with Gasteiger partial charge in [-0.2, -0.15) is 0 Å². The number of rotatable bonds is 5. The van der Waals surface area contributed by atoms with Crippen molar-refractivity contribution < 1.29 is 14.3 Å². The van der Waals surface area contributed by atoms with Gasteiger partial charge in [-0.05, 0) is 105 Å². The molecule has 2 N–H and O–H groups in total. The number of nitrogens with zero attached hydrogens (tertiary/aromatic N) is 2. The molecule has 192 valence electrons. The minimum Gasteiger partial charge on any atom is -0.392 e. The van der Waals surface area contributed by atoms with Gasteiger partial charge in [0.1, 0.15) is 5.82 Å². The molecule has 6 heteroatoms. The largest absolute Gasteiger partial charge is 0.392 e. The fourth-order valence-corrected chi connectivity index (χ4v) is 6.51. The lowest BCUT2D eigenvalue weighted by Gasteiger charge is -2.42. The van der Waals surface area contributed by atoms with Gasteiger partial charge >= 0.3 is 0 Å². The number of aliphatic hydroxyl groups excluding tert-OH is 1. The van der Waals surface area contributed by atoms with E-state index >= 15 is 0 Å². The van der Waals surface area contributed by atoms with E-state index in [1.807, 2.05) is 17.9 Å². The molecule has 36 heavy (non-hydrogen) atoms. The number of aryl methyl sites for hydroxylation is 2. The first kappa shape index (κ1) is 25.0. The molecule has 3 aliphatic rings. The van der Waals surface area contributed by atoms with Crippen molar-refractivity contribution in [1.29, 1.82) is 0 Å². The van der Waals surface area contributed by atoms with Crippen LogP contribution >= 0.6 is 0 Å². The molecule has 0 aliphatic carbocycles. The molecule has 0 aromatic heterocycles. The normalized spacial score (nSPS) is 21.1. The minimum absolute atomic E-state index is 0.0491. The summed E-state index contributed by atoms with van der Waals surface area (Å²) < 4.78 is 13.6. The third kappa shape index (κ3) is 5.21. The number of β-amino-alcohol motifs (C(OH)–C–C–N with tert-alkyl or cyclic N) is 1. The van der Waals surface area contributed by atoms with E-state index in [1.54, 1.807) is 6.08 Å². The van der Waals surface area contributed by atoms with Crippen molar-refractivity contribution in [1.82, 2.24) is 9.80 Å². The molecule has 1 atom stereocenters. The van der Waals surface area contributed by atoms with Crippen LogP contribution in [0.3, 0.4) is 0 Å². The zero-order chi connectivity index (χ0) is 25.3. The summed E-state index contributed by atoms with van der Waals surface area (Å²) in [4.78, 5) is 16.9. The van der Waals surface area contributed by atoms with Gasteiger partial charge in [-0.3, -0.25) is 4.79 Å². The van der Waals surface area contributed by atoms with Gasteiger partial charge in [-0.15, -0.1) is 0 Å². The SMILES string of the molecule is Cc1cc(F)cc(/C=C/C(=O)N2CCC(C(O)CN3CCC4(CC3)CNc3cccc(C)c34)CC2)c1. The van der Waals surface area contributed by atoms with E-state index in [0.717, 1.165) is 50.9 Å². The number of aliphatic hydroxyl groups is 1. The summed E-state index contributed by atoms with van der Waals surface area (Å²) in [5.41, 5.74) is 5.94. The standard InChI is InChI=1S/C30H38FN3O2/c1-21-16-23(18-25(31)17-21)6-7-28(36)34-12-8-24(9-13-34)27(35)19-33-14-10-30(11-15-33)20-32-26-5-3-4-22(2)29(26)30/h3-7,16-18,24,27,32,35H,8-15,19-20H2,1-2H3/b7-6+. The maximum Gasteiger partial charge on any atom is 0.246 e. The number of hydrogen-bond acceptors (Lipinski definition) is 4. The summed E-state index contributed by atoms with van der Waals surface area (Å²) in [7, 11) is 0. The lowest BCUT2D eigenvalue weighted by molar-refractivity contribution is -0.128. The van der Waals surface area contributed by atoms with E-state index < -0.39 is 0 Å². The van der Waals surface area contributed by atoms with Crippen molar-refractivity contribution in [2.75, 3.05) is 44.6 Å². The molecule has 3 heterocycles. The number of likely N-dealkylation sites (tertiary alicyclic amines) is 2. The molecule has 2 aromatic rings. The molecular formula is C30H38FN3O2. The molecule has 3 aliphatic heterocycles. The van der Waals surface area contributed by atoms with Crippen LogP contribution in [0.4, 0.5) is 10.1 Å². The first-order valence-corrected chi connectivity index (χ1v) is 13.3. The molecule has 5 rings (SSSR count). The van der Waals surface area contributed by atoms with E-state index in [9.17, 15) is 14.3 Å². The van der Waals surface area contributed by atoms with Crippen molar-refractivity contribution in [2.24, 2.45) is 5.92 Å². The third-order valence-electron chi connectivity index (χ3n) is 8.56. The van der Waals surface area contributed by atoms with Crippen LogP contribution in [0.25, 0.3) is 6.08 Å². The van der Waals surface area contributed by atoms with E-state index in [0.29, 0.717) is 25.2 Å². The highest BCUT2D eigenvalue weighted by Gasteiger charge is 2.42. The van der Waals surface area contributed by atoms with Crippen molar-refractivity contribution in [3.8, 4) is 0 Å². The van der Waals surface area contributed by atoms with Gasteiger partial charge in [0.15, 0.2) is 0 Å². The summed E-state index contributed by atoms with van der Waals surface area (Å²) in [5, 5.41) is 14.6. The Balaban J connectivity index is 1.09. The lowest BCUT2D eigenvalue weighted by atomic mass is 9.72. The molecule has 1 amide bonds. The Kier molecular flexibility index (Phi) is 7.18. The summed E-state index contributed by atoms with van der Waals surface area (Å²) in [5.74, 6) is -0.122. The quantitative estimate of drug-likeness (QED) is 0.604. The molecule has 1 unspecified atom stereocenters. The maximum absolute atomic E-state index is 13.6. The topological polar surface area (TPSA) is 55.8 Å². The summed E-state index contributed by atoms with van der Waals surface area (Å²) >= 11 is 0. The fourth-order valence-electron chi connectivity index (χ4n) is 6.51. The number of carbonyl (C=O) groups is 1. The van der Waals surface area contributed by atoms with Crippen LogP contribution in [-0.2, 0) is 10.2 Å². The second kappa shape index (κ2) is 10.3. The highest BCUT2D eigenvalue weighted by molar-refractivity contribution is 5.91. The van der Waals surface area contributed by atoms with Crippen LogP contribution < -0.4 is 5.32 Å². The Morgan fingerprint density at radius 2 is 1.92 bits per heavy atom. The van der Waals surface area contributed by atoms with E-state index in [1.165, 1.54) is 35.0 Å². The maximum atomic E-state index is 13.6. The summed E-state index contributed by atoms with van der Waals surface area (Å²) in [6.07, 6.45) is 6.72. The molecule has 1 spiro atoms. The highest BCUT2D eigenvalue weighted by Crippen LogP contribution is 2.45. The zero-order valence-electron chi connectivity index (χ0n) is 21.5. The third-order valence-corrected chi connectivity index (χ3v) is 8.56. The van der Waals surface area contributed by atoms with Crippen LogP contribution in [0.15, 0.2) is 42.5 Å². The van der Waals surface area contributed by atoms with Gasteiger partial charge in [0.2, 0.25) is 5.91 Å². The van der Waals surface area contributed by atoms with Crippen molar-refractivity contribution in [2.45, 2.75) is 51.0 Å². The van der Waals surface area contributed by atoms with Gasteiger partial charge in [-0.25, -0.2) is 4.39 Å². The average molecular weight is 492 g/mol. The zero-order valence-corrected chi connectivity index (χ0v) is 21.5. The van der Waals surface area contributed by atoms with E-state index in [-0.39, 0.29) is 29.2 Å². The molecule has 2 aromatic carbocycles. The number of amides is 1. The number of benzene rings is 2. The van der Waals surface area contributed by atoms with Crippen molar-refractivity contribution in [3.63, 3.8) is 0 Å². The number of nitrogens with one attached hydrogen (secondary N) is 1. The Morgan fingerprint density at radius 3 is 2.64 bits per heavy atom. The summed E-state index contributed by atoms with van der Waals surface area (Å²) in [6, 6.07) is 11.3.